The molecule has 1 aromatic carbocycles. The molecule has 0 aliphatic carbocycles. The number of halogens is 1. The molecule has 1 aromatic heterocycles. The lowest BCUT2D eigenvalue weighted by atomic mass is 10.0. The quantitative estimate of drug-likeness (QED) is 0.910. The Morgan fingerprint density at radius 3 is 3.10 bits per heavy atom. The lowest BCUT2D eigenvalue weighted by molar-refractivity contribution is 0.0537. The molecule has 21 heavy (non-hydrogen) atoms. The van der Waals surface area contributed by atoms with Gasteiger partial charge in [-0.05, 0) is 30.9 Å². The van der Waals surface area contributed by atoms with Gasteiger partial charge in [0.2, 0.25) is 0 Å². The number of carbonyl (C=O) groups is 1. The van der Waals surface area contributed by atoms with E-state index in [0.717, 1.165) is 29.5 Å². The summed E-state index contributed by atoms with van der Waals surface area (Å²) in [4.78, 5) is 12.9. The fraction of sp³-hybridized carbons (Fsp3) is 0.400. The van der Waals surface area contributed by atoms with Crippen LogP contribution in [0.15, 0.2) is 18.2 Å². The molecule has 0 bridgehead atoms. The maximum Gasteiger partial charge on any atom is 0.263 e. The number of rotatable bonds is 3. The van der Waals surface area contributed by atoms with Crippen LogP contribution in [0.5, 0.6) is 0 Å². The molecule has 1 unspecified atom stereocenters. The number of anilines is 1. The first-order valence-corrected chi connectivity index (χ1v) is 8.18. The second-order valence-electron chi connectivity index (χ2n) is 5.25. The lowest BCUT2D eigenvalue weighted by Gasteiger charge is -2.22. The highest BCUT2D eigenvalue weighted by molar-refractivity contribution is 7.21. The number of nitrogen functional groups attached to an aromatic ring is 1. The standard InChI is InChI=1S/C15H17ClN2O2S/c16-10-4-1-5-11-12(10)13(17)14(21-11)15(19)18-7-9-3-2-6-20-8-9/h1,4-5,9H,2-3,6-8,17H2,(H,18,19). The summed E-state index contributed by atoms with van der Waals surface area (Å²) in [7, 11) is 0. The van der Waals surface area contributed by atoms with Gasteiger partial charge in [0.05, 0.1) is 17.3 Å². The Morgan fingerprint density at radius 2 is 2.38 bits per heavy atom. The van der Waals surface area contributed by atoms with Crippen molar-refractivity contribution in [3.63, 3.8) is 0 Å². The summed E-state index contributed by atoms with van der Waals surface area (Å²) in [5, 5.41) is 4.32. The monoisotopic (exact) mass is 324 g/mol. The van der Waals surface area contributed by atoms with Crippen molar-refractivity contribution in [2.45, 2.75) is 12.8 Å². The Balaban J connectivity index is 1.75. The zero-order chi connectivity index (χ0) is 14.8. The molecule has 112 valence electrons. The molecule has 3 N–H and O–H groups in total. The van der Waals surface area contributed by atoms with Crippen LogP contribution in [-0.4, -0.2) is 25.7 Å². The van der Waals surface area contributed by atoms with Crippen molar-refractivity contribution < 1.29 is 9.53 Å². The summed E-state index contributed by atoms with van der Waals surface area (Å²) in [5.74, 6) is 0.261. The van der Waals surface area contributed by atoms with E-state index in [0.29, 0.717) is 34.7 Å². The van der Waals surface area contributed by atoms with Crippen molar-refractivity contribution in [3.05, 3.63) is 28.1 Å². The average molecular weight is 325 g/mol. The van der Waals surface area contributed by atoms with Crippen LogP contribution < -0.4 is 11.1 Å². The number of ether oxygens (including phenoxy) is 1. The Bertz CT molecular complexity index is 665. The molecule has 2 aromatic rings. The first kappa shape index (κ1) is 14.6. The van der Waals surface area contributed by atoms with Gasteiger partial charge in [-0.1, -0.05) is 17.7 Å². The molecule has 1 aliphatic heterocycles. The number of nitrogens with one attached hydrogen (secondary N) is 1. The number of amides is 1. The number of thiophene rings is 1. The summed E-state index contributed by atoms with van der Waals surface area (Å²) in [6.07, 6.45) is 2.15. The SMILES string of the molecule is Nc1c(C(=O)NCC2CCCOC2)sc2cccc(Cl)c12. The molecule has 1 fully saturated rings. The summed E-state index contributed by atoms with van der Waals surface area (Å²) in [6, 6.07) is 5.57. The van der Waals surface area contributed by atoms with E-state index in [-0.39, 0.29) is 5.91 Å². The van der Waals surface area contributed by atoms with Crippen molar-refractivity contribution in [1.82, 2.24) is 5.32 Å². The van der Waals surface area contributed by atoms with E-state index in [1.165, 1.54) is 11.3 Å². The summed E-state index contributed by atoms with van der Waals surface area (Å²) < 4.78 is 6.35. The minimum Gasteiger partial charge on any atom is -0.397 e. The summed E-state index contributed by atoms with van der Waals surface area (Å²) >= 11 is 7.54. The van der Waals surface area contributed by atoms with E-state index in [2.05, 4.69) is 5.32 Å². The normalized spacial score (nSPS) is 18.8. The van der Waals surface area contributed by atoms with Gasteiger partial charge in [-0.15, -0.1) is 11.3 Å². The largest absolute Gasteiger partial charge is 0.397 e. The molecular weight excluding hydrogens is 308 g/mol. The van der Waals surface area contributed by atoms with Crippen molar-refractivity contribution in [3.8, 4) is 0 Å². The fourth-order valence-corrected chi connectivity index (χ4v) is 3.98. The van der Waals surface area contributed by atoms with Crippen LogP contribution in [-0.2, 0) is 4.74 Å². The first-order valence-electron chi connectivity index (χ1n) is 6.99. The van der Waals surface area contributed by atoms with E-state index in [1.807, 2.05) is 12.1 Å². The van der Waals surface area contributed by atoms with E-state index < -0.39 is 0 Å². The van der Waals surface area contributed by atoms with Crippen LogP contribution in [0.2, 0.25) is 5.02 Å². The zero-order valence-electron chi connectivity index (χ0n) is 11.5. The molecule has 0 radical (unpaired) electrons. The summed E-state index contributed by atoms with van der Waals surface area (Å²) in [6.45, 7) is 2.17. The van der Waals surface area contributed by atoms with Crippen LogP contribution in [0.4, 0.5) is 5.69 Å². The van der Waals surface area contributed by atoms with Crippen molar-refractivity contribution in [2.75, 3.05) is 25.5 Å². The Morgan fingerprint density at radius 1 is 1.52 bits per heavy atom. The Labute approximate surface area is 132 Å². The molecule has 0 saturated carbocycles. The van der Waals surface area contributed by atoms with Gasteiger partial charge in [0.25, 0.3) is 5.91 Å². The highest BCUT2D eigenvalue weighted by Crippen LogP contribution is 2.37. The van der Waals surface area contributed by atoms with Crippen LogP contribution in [0.3, 0.4) is 0 Å². The van der Waals surface area contributed by atoms with Crippen LogP contribution >= 0.6 is 22.9 Å². The smallest absolute Gasteiger partial charge is 0.263 e. The van der Waals surface area contributed by atoms with Crippen molar-refractivity contribution in [1.29, 1.82) is 0 Å². The highest BCUT2D eigenvalue weighted by Gasteiger charge is 2.20. The maximum atomic E-state index is 12.3. The summed E-state index contributed by atoms with van der Waals surface area (Å²) in [5.41, 5.74) is 6.56. The first-order chi connectivity index (χ1) is 10.2. The molecule has 2 heterocycles. The average Bonchev–Trinajstić information content (AvgIpc) is 2.84. The third kappa shape index (κ3) is 3.00. The molecule has 6 heteroatoms. The molecule has 1 amide bonds. The van der Waals surface area contributed by atoms with E-state index in [1.54, 1.807) is 6.07 Å². The molecule has 0 spiro atoms. The van der Waals surface area contributed by atoms with Gasteiger partial charge < -0.3 is 15.8 Å². The van der Waals surface area contributed by atoms with Gasteiger partial charge >= 0.3 is 0 Å². The molecule has 3 rings (SSSR count). The molecule has 1 saturated heterocycles. The van der Waals surface area contributed by atoms with Crippen LogP contribution in [0.1, 0.15) is 22.5 Å². The predicted octanol–water partition coefficient (Wildman–Crippen LogP) is 3.29. The molecule has 1 aliphatic rings. The minimum atomic E-state index is -0.129. The number of fused-ring (bicyclic) bond motifs is 1. The highest BCUT2D eigenvalue weighted by atomic mass is 35.5. The number of hydrogen-bond donors (Lipinski definition) is 2. The van der Waals surface area contributed by atoms with Gasteiger partial charge in [0.1, 0.15) is 4.88 Å². The topological polar surface area (TPSA) is 64.4 Å². The number of nitrogens with two attached hydrogens (primary N) is 1. The van der Waals surface area contributed by atoms with Gasteiger partial charge in [-0.25, -0.2) is 0 Å². The lowest BCUT2D eigenvalue weighted by Crippen LogP contribution is -2.33. The van der Waals surface area contributed by atoms with Crippen LogP contribution in [0.25, 0.3) is 10.1 Å². The number of carbonyl (C=O) groups excluding carboxylic acids is 1. The van der Waals surface area contributed by atoms with E-state index >= 15 is 0 Å². The number of hydrogen-bond acceptors (Lipinski definition) is 4. The third-order valence-corrected chi connectivity index (χ3v) is 5.20. The minimum absolute atomic E-state index is 0.129. The van der Waals surface area contributed by atoms with E-state index in [4.69, 9.17) is 22.1 Å². The number of benzene rings is 1. The molecule has 1 atom stereocenters. The Kier molecular flexibility index (Phi) is 4.33. The molecule has 4 nitrogen and oxygen atoms in total. The fourth-order valence-electron chi connectivity index (χ4n) is 2.58. The van der Waals surface area contributed by atoms with E-state index in [9.17, 15) is 4.79 Å². The zero-order valence-corrected chi connectivity index (χ0v) is 13.1. The second kappa shape index (κ2) is 6.22. The predicted molar refractivity (Wildman–Crippen MR) is 87.1 cm³/mol. The van der Waals surface area contributed by atoms with Crippen molar-refractivity contribution >= 4 is 44.6 Å². The van der Waals surface area contributed by atoms with Gasteiger partial charge in [0, 0.05) is 23.2 Å². The van der Waals surface area contributed by atoms with Gasteiger partial charge in [0.15, 0.2) is 0 Å². The third-order valence-electron chi connectivity index (χ3n) is 3.71. The van der Waals surface area contributed by atoms with Gasteiger partial charge in [-0.2, -0.15) is 0 Å². The van der Waals surface area contributed by atoms with Gasteiger partial charge in [-0.3, -0.25) is 4.79 Å². The maximum absolute atomic E-state index is 12.3. The second-order valence-corrected chi connectivity index (χ2v) is 6.71. The molecular formula is C15H17ClN2O2S. The Hall–Kier alpha value is -1.30. The van der Waals surface area contributed by atoms with Crippen LogP contribution in [0, 0.1) is 5.92 Å². The van der Waals surface area contributed by atoms with Crippen molar-refractivity contribution in [2.24, 2.45) is 5.92 Å².